The van der Waals surface area contributed by atoms with Gasteiger partial charge in [0.1, 0.15) is 11.9 Å². The Morgan fingerprint density at radius 3 is 2.28 bits per heavy atom. The summed E-state index contributed by atoms with van der Waals surface area (Å²) >= 11 is 12.6. The average molecular weight is 519 g/mol. The summed E-state index contributed by atoms with van der Waals surface area (Å²) in [6.45, 7) is 2.62. The van der Waals surface area contributed by atoms with E-state index in [0.717, 1.165) is 54.9 Å². The lowest BCUT2D eigenvalue weighted by molar-refractivity contribution is -0.0979. The zero-order chi connectivity index (χ0) is 24.7. The number of pyridine rings is 1. The van der Waals surface area contributed by atoms with Crippen LogP contribution in [-0.2, 0) is 16.9 Å². The van der Waals surface area contributed by atoms with E-state index in [4.69, 9.17) is 27.9 Å². The van der Waals surface area contributed by atoms with Gasteiger partial charge in [-0.1, -0.05) is 65.7 Å². The normalized spacial score (nSPS) is 18.9. The highest BCUT2D eigenvalue weighted by Crippen LogP contribution is 2.51. The number of ether oxygens (including phenoxy) is 1. The lowest BCUT2D eigenvalue weighted by atomic mass is 9.83. The summed E-state index contributed by atoms with van der Waals surface area (Å²) in [6, 6.07) is 24.8. The standard InChI is InChI=1S/C30H25Cl2FN2O/c31-23-15-22(16-24(32)17-23)29-27-3-1-2-4-28(27)30(36-29)11-13-35(14-12-30)19-26-10-7-21(18-34-26)20-5-8-25(33)9-6-20/h1-10,15-18,29H,11-14,19H2. The summed E-state index contributed by atoms with van der Waals surface area (Å²) in [7, 11) is 0. The lowest BCUT2D eigenvalue weighted by Gasteiger charge is -2.39. The van der Waals surface area contributed by atoms with E-state index >= 15 is 0 Å². The molecule has 1 unspecified atom stereocenters. The van der Waals surface area contributed by atoms with E-state index in [0.29, 0.717) is 10.0 Å². The van der Waals surface area contributed by atoms with Crippen molar-refractivity contribution in [3.63, 3.8) is 0 Å². The van der Waals surface area contributed by atoms with Crippen molar-refractivity contribution in [1.82, 2.24) is 9.88 Å². The van der Waals surface area contributed by atoms with Gasteiger partial charge in [0.2, 0.25) is 0 Å². The predicted octanol–water partition coefficient (Wildman–Crippen LogP) is 7.81. The molecule has 3 heterocycles. The topological polar surface area (TPSA) is 25.4 Å². The SMILES string of the molecule is Fc1ccc(-c2ccc(CN3CCC4(CC3)OC(c3cc(Cl)cc(Cl)c3)c3ccccc34)nc2)cc1. The quantitative estimate of drug-likeness (QED) is 0.275. The van der Waals surface area contributed by atoms with Crippen LogP contribution < -0.4 is 0 Å². The molecular weight excluding hydrogens is 494 g/mol. The Morgan fingerprint density at radius 1 is 0.889 bits per heavy atom. The van der Waals surface area contributed by atoms with Crippen molar-refractivity contribution in [2.75, 3.05) is 13.1 Å². The minimum atomic E-state index is -0.313. The molecule has 4 aromatic rings. The van der Waals surface area contributed by atoms with Gasteiger partial charge in [0.15, 0.2) is 0 Å². The molecule has 2 aliphatic rings. The fraction of sp³-hybridized carbons (Fsp3) is 0.233. The van der Waals surface area contributed by atoms with Crippen LogP contribution >= 0.6 is 23.2 Å². The Bertz CT molecular complexity index is 1360. The van der Waals surface area contributed by atoms with Crippen molar-refractivity contribution in [3.05, 3.63) is 123 Å². The van der Waals surface area contributed by atoms with Crippen molar-refractivity contribution in [3.8, 4) is 11.1 Å². The summed E-state index contributed by atoms with van der Waals surface area (Å²) in [5, 5.41) is 1.24. The molecule has 1 atom stereocenters. The second-order valence-electron chi connectivity index (χ2n) is 9.60. The Balaban J connectivity index is 1.16. The molecule has 36 heavy (non-hydrogen) atoms. The highest BCUT2D eigenvalue weighted by molar-refractivity contribution is 6.34. The van der Waals surface area contributed by atoms with E-state index in [2.05, 4.69) is 46.3 Å². The van der Waals surface area contributed by atoms with Gasteiger partial charge in [-0.05, 0) is 71.5 Å². The molecule has 3 nitrogen and oxygen atoms in total. The number of piperidine rings is 1. The Kier molecular flexibility index (Phi) is 6.30. The van der Waals surface area contributed by atoms with Gasteiger partial charge in [-0.25, -0.2) is 4.39 Å². The minimum Gasteiger partial charge on any atom is -0.358 e. The fourth-order valence-corrected chi connectivity index (χ4v) is 6.03. The molecule has 0 saturated carbocycles. The molecule has 3 aromatic carbocycles. The van der Waals surface area contributed by atoms with Crippen molar-refractivity contribution < 1.29 is 9.13 Å². The Labute approximate surface area is 220 Å². The van der Waals surface area contributed by atoms with E-state index < -0.39 is 0 Å². The number of hydrogen-bond donors (Lipinski definition) is 0. The van der Waals surface area contributed by atoms with Crippen molar-refractivity contribution in [1.29, 1.82) is 0 Å². The van der Waals surface area contributed by atoms with Crippen molar-refractivity contribution in [2.45, 2.75) is 31.1 Å². The monoisotopic (exact) mass is 518 g/mol. The van der Waals surface area contributed by atoms with Gasteiger partial charge in [0.05, 0.1) is 11.3 Å². The molecule has 1 aromatic heterocycles. The largest absolute Gasteiger partial charge is 0.358 e. The maximum Gasteiger partial charge on any atom is 0.123 e. The summed E-state index contributed by atoms with van der Waals surface area (Å²) in [5.41, 5.74) is 6.12. The van der Waals surface area contributed by atoms with Gasteiger partial charge in [-0.2, -0.15) is 0 Å². The van der Waals surface area contributed by atoms with Gasteiger partial charge in [0, 0.05) is 41.4 Å². The minimum absolute atomic E-state index is 0.176. The third-order valence-electron chi connectivity index (χ3n) is 7.32. The van der Waals surface area contributed by atoms with E-state index in [-0.39, 0.29) is 17.5 Å². The predicted molar refractivity (Wildman–Crippen MR) is 142 cm³/mol. The maximum absolute atomic E-state index is 13.2. The van der Waals surface area contributed by atoms with Crippen molar-refractivity contribution >= 4 is 23.2 Å². The number of fused-ring (bicyclic) bond motifs is 2. The first kappa shape index (κ1) is 23.6. The fourth-order valence-electron chi connectivity index (χ4n) is 5.49. The molecule has 1 saturated heterocycles. The molecule has 0 aliphatic carbocycles. The average Bonchev–Trinajstić information content (AvgIpc) is 3.20. The van der Waals surface area contributed by atoms with Crippen LogP contribution in [-0.4, -0.2) is 23.0 Å². The number of hydrogen-bond acceptors (Lipinski definition) is 3. The lowest BCUT2D eigenvalue weighted by Crippen LogP contribution is -2.42. The first-order chi connectivity index (χ1) is 17.5. The van der Waals surface area contributed by atoms with E-state index in [9.17, 15) is 4.39 Å². The number of rotatable bonds is 4. The van der Waals surface area contributed by atoms with Crippen LogP contribution in [0.15, 0.2) is 85.1 Å². The molecule has 1 fully saturated rings. The second kappa shape index (κ2) is 9.60. The maximum atomic E-state index is 13.2. The zero-order valence-corrected chi connectivity index (χ0v) is 21.1. The van der Waals surface area contributed by atoms with Crippen LogP contribution in [0, 0.1) is 5.82 Å². The van der Waals surface area contributed by atoms with E-state index in [1.165, 1.54) is 23.3 Å². The summed E-state index contributed by atoms with van der Waals surface area (Å²) < 4.78 is 20.1. The smallest absolute Gasteiger partial charge is 0.123 e. The third kappa shape index (κ3) is 4.55. The van der Waals surface area contributed by atoms with Crippen LogP contribution in [0.4, 0.5) is 4.39 Å². The van der Waals surface area contributed by atoms with E-state index in [1.807, 2.05) is 18.3 Å². The molecule has 6 rings (SSSR count). The molecule has 0 bridgehead atoms. The first-order valence-electron chi connectivity index (χ1n) is 12.2. The molecule has 0 amide bonds. The third-order valence-corrected chi connectivity index (χ3v) is 7.75. The second-order valence-corrected chi connectivity index (χ2v) is 10.5. The van der Waals surface area contributed by atoms with Crippen molar-refractivity contribution in [2.24, 2.45) is 0 Å². The highest BCUT2D eigenvalue weighted by atomic mass is 35.5. The van der Waals surface area contributed by atoms with Gasteiger partial charge in [0.25, 0.3) is 0 Å². The molecular formula is C30H25Cl2FN2O. The zero-order valence-electron chi connectivity index (χ0n) is 19.6. The molecule has 0 N–H and O–H groups in total. The van der Waals surface area contributed by atoms with Gasteiger partial charge in [-0.3, -0.25) is 9.88 Å². The van der Waals surface area contributed by atoms with Crippen LogP contribution in [0.2, 0.25) is 10.0 Å². The number of likely N-dealkylation sites (tertiary alicyclic amines) is 1. The Morgan fingerprint density at radius 2 is 1.58 bits per heavy atom. The molecule has 2 aliphatic heterocycles. The van der Waals surface area contributed by atoms with Gasteiger partial charge >= 0.3 is 0 Å². The number of halogens is 3. The van der Waals surface area contributed by atoms with Crippen LogP contribution in [0.3, 0.4) is 0 Å². The Hall–Kier alpha value is -2.76. The first-order valence-corrected chi connectivity index (χ1v) is 12.9. The van der Waals surface area contributed by atoms with Gasteiger partial charge < -0.3 is 4.74 Å². The van der Waals surface area contributed by atoms with Gasteiger partial charge in [-0.15, -0.1) is 0 Å². The molecule has 6 heteroatoms. The van der Waals surface area contributed by atoms with Crippen LogP contribution in [0.25, 0.3) is 11.1 Å². The van der Waals surface area contributed by atoms with Crippen LogP contribution in [0.1, 0.15) is 41.3 Å². The molecule has 0 radical (unpaired) electrons. The number of aromatic nitrogens is 1. The summed E-state index contributed by atoms with van der Waals surface area (Å²) in [6.07, 6.45) is 3.50. The van der Waals surface area contributed by atoms with Crippen LogP contribution in [0.5, 0.6) is 0 Å². The molecule has 1 spiro atoms. The van der Waals surface area contributed by atoms with E-state index in [1.54, 1.807) is 18.2 Å². The summed E-state index contributed by atoms with van der Waals surface area (Å²) in [4.78, 5) is 7.10. The number of nitrogens with zero attached hydrogens (tertiary/aromatic N) is 2. The summed E-state index contributed by atoms with van der Waals surface area (Å²) in [5.74, 6) is -0.234. The highest BCUT2D eigenvalue weighted by Gasteiger charge is 2.47. The molecule has 182 valence electrons. The number of benzene rings is 3.